The first kappa shape index (κ1) is 9.71. The lowest BCUT2D eigenvalue weighted by molar-refractivity contribution is -0.145. The normalized spacial score (nSPS) is 16.3. The third-order valence-electron chi connectivity index (χ3n) is 2.49. The van der Waals surface area contributed by atoms with Gasteiger partial charge < -0.3 is 0 Å². The Morgan fingerprint density at radius 2 is 1.80 bits per heavy atom. The standard InChI is InChI=1S/C11H12N2O2/c1-12-10(14)7-11(15)13(12)8-9-5-3-2-4-6-9/h2-6H,7-8H2,1H3. The van der Waals surface area contributed by atoms with Crippen LogP contribution >= 0.6 is 0 Å². The van der Waals surface area contributed by atoms with Gasteiger partial charge in [0.1, 0.15) is 6.42 Å². The van der Waals surface area contributed by atoms with Crippen molar-refractivity contribution in [3.05, 3.63) is 35.9 Å². The van der Waals surface area contributed by atoms with E-state index < -0.39 is 0 Å². The van der Waals surface area contributed by atoms with Gasteiger partial charge in [0.15, 0.2) is 0 Å². The Balaban J connectivity index is 2.13. The maximum atomic E-state index is 11.5. The smallest absolute Gasteiger partial charge is 0.250 e. The monoisotopic (exact) mass is 204 g/mol. The molecule has 0 spiro atoms. The molecule has 0 N–H and O–H groups in total. The molecule has 4 heteroatoms. The Bertz CT molecular complexity index is 389. The van der Waals surface area contributed by atoms with Crippen LogP contribution in [0.5, 0.6) is 0 Å². The molecule has 4 nitrogen and oxygen atoms in total. The molecule has 0 unspecified atom stereocenters. The molecule has 0 saturated carbocycles. The molecule has 15 heavy (non-hydrogen) atoms. The molecule has 0 atom stereocenters. The maximum absolute atomic E-state index is 11.5. The Kier molecular flexibility index (Phi) is 2.41. The second-order valence-corrected chi connectivity index (χ2v) is 3.53. The van der Waals surface area contributed by atoms with Crippen LogP contribution in [0.15, 0.2) is 30.3 Å². The van der Waals surface area contributed by atoms with Crippen LogP contribution in [0.1, 0.15) is 12.0 Å². The molecule has 0 aromatic heterocycles. The van der Waals surface area contributed by atoms with E-state index in [-0.39, 0.29) is 18.2 Å². The summed E-state index contributed by atoms with van der Waals surface area (Å²) in [5.41, 5.74) is 1.02. The largest absolute Gasteiger partial charge is 0.272 e. The van der Waals surface area contributed by atoms with Gasteiger partial charge in [-0.05, 0) is 5.56 Å². The quantitative estimate of drug-likeness (QED) is 0.668. The summed E-state index contributed by atoms with van der Waals surface area (Å²) < 4.78 is 0. The first-order valence-electron chi connectivity index (χ1n) is 4.79. The minimum absolute atomic E-state index is 0.0106. The lowest BCUT2D eigenvalue weighted by Crippen LogP contribution is -2.37. The molecule has 0 bridgehead atoms. The van der Waals surface area contributed by atoms with Crippen molar-refractivity contribution in [3.63, 3.8) is 0 Å². The first-order chi connectivity index (χ1) is 7.18. The van der Waals surface area contributed by atoms with Gasteiger partial charge in [0.25, 0.3) is 5.91 Å². The van der Waals surface area contributed by atoms with E-state index in [9.17, 15) is 9.59 Å². The number of carbonyl (C=O) groups is 2. The van der Waals surface area contributed by atoms with Crippen molar-refractivity contribution >= 4 is 11.8 Å². The molecule has 1 heterocycles. The van der Waals surface area contributed by atoms with Gasteiger partial charge in [0.05, 0.1) is 6.54 Å². The zero-order valence-electron chi connectivity index (χ0n) is 8.51. The number of amides is 2. The number of rotatable bonds is 2. The predicted molar refractivity (Wildman–Crippen MR) is 54.4 cm³/mol. The highest BCUT2D eigenvalue weighted by molar-refractivity contribution is 6.01. The highest BCUT2D eigenvalue weighted by atomic mass is 16.2. The number of hydrazine groups is 1. The van der Waals surface area contributed by atoms with Gasteiger partial charge in [0.2, 0.25) is 5.91 Å². The van der Waals surface area contributed by atoms with E-state index in [1.165, 1.54) is 10.0 Å². The molecule has 78 valence electrons. The van der Waals surface area contributed by atoms with E-state index in [1.54, 1.807) is 7.05 Å². The summed E-state index contributed by atoms with van der Waals surface area (Å²) in [6, 6.07) is 9.62. The van der Waals surface area contributed by atoms with Crippen molar-refractivity contribution in [1.82, 2.24) is 10.0 Å². The van der Waals surface area contributed by atoms with Crippen LogP contribution in [-0.2, 0) is 16.1 Å². The van der Waals surface area contributed by atoms with Crippen LogP contribution in [0.4, 0.5) is 0 Å². The first-order valence-corrected chi connectivity index (χ1v) is 4.79. The van der Waals surface area contributed by atoms with Crippen LogP contribution in [0.2, 0.25) is 0 Å². The Hall–Kier alpha value is -1.84. The van der Waals surface area contributed by atoms with Crippen molar-refractivity contribution in [2.45, 2.75) is 13.0 Å². The number of hydrogen-bond acceptors (Lipinski definition) is 2. The van der Waals surface area contributed by atoms with Crippen LogP contribution in [0.25, 0.3) is 0 Å². The van der Waals surface area contributed by atoms with Gasteiger partial charge in [-0.1, -0.05) is 30.3 Å². The summed E-state index contributed by atoms with van der Waals surface area (Å²) in [7, 11) is 1.62. The molecule has 1 aromatic rings. The molecule has 0 aliphatic carbocycles. The lowest BCUT2D eigenvalue weighted by Gasteiger charge is -2.23. The fourth-order valence-electron chi connectivity index (χ4n) is 1.59. The minimum Gasteiger partial charge on any atom is -0.272 e. The molecule has 1 saturated heterocycles. The highest BCUT2D eigenvalue weighted by Crippen LogP contribution is 2.15. The molecule has 2 rings (SSSR count). The second kappa shape index (κ2) is 3.73. The minimum atomic E-state index is -0.143. The van der Waals surface area contributed by atoms with Gasteiger partial charge in [-0.2, -0.15) is 0 Å². The Morgan fingerprint density at radius 3 is 2.33 bits per heavy atom. The van der Waals surface area contributed by atoms with Crippen LogP contribution in [0, 0.1) is 0 Å². The zero-order chi connectivity index (χ0) is 10.8. The number of benzene rings is 1. The number of nitrogens with zero attached hydrogens (tertiary/aromatic N) is 2. The van der Waals surface area contributed by atoms with Crippen LogP contribution in [-0.4, -0.2) is 28.9 Å². The van der Waals surface area contributed by atoms with E-state index in [2.05, 4.69) is 0 Å². The SMILES string of the molecule is CN1C(=O)CC(=O)N1Cc1ccccc1. The van der Waals surface area contributed by atoms with Crippen molar-refractivity contribution in [2.24, 2.45) is 0 Å². The van der Waals surface area contributed by atoms with Gasteiger partial charge in [0, 0.05) is 7.05 Å². The molecule has 1 aromatic carbocycles. The van der Waals surface area contributed by atoms with Gasteiger partial charge in [-0.25, -0.2) is 5.01 Å². The summed E-state index contributed by atoms with van der Waals surface area (Å²) in [5.74, 6) is -0.276. The zero-order valence-corrected chi connectivity index (χ0v) is 8.51. The molecule has 0 radical (unpaired) electrons. The fourth-order valence-corrected chi connectivity index (χ4v) is 1.59. The third kappa shape index (κ3) is 1.83. The summed E-state index contributed by atoms with van der Waals surface area (Å²) >= 11 is 0. The summed E-state index contributed by atoms with van der Waals surface area (Å²) in [6.45, 7) is 0.460. The lowest BCUT2D eigenvalue weighted by atomic mass is 10.2. The number of hydrogen-bond donors (Lipinski definition) is 0. The Morgan fingerprint density at radius 1 is 1.13 bits per heavy atom. The average molecular weight is 204 g/mol. The summed E-state index contributed by atoms with van der Waals surface area (Å²) in [6.07, 6.45) is -0.0106. The van der Waals surface area contributed by atoms with Gasteiger partial charge >= 0.3 is 0 Å². The second-order valence-electron chi connectivity index (χ2n) is 3.53. The molecular weight excluding hydrogens is 192 g/mol. The van der Waals surface area contributed by atoms with Crippen molar-refractivity contribution in [3.8, 4) is 0 Å². The topological polar surface area (TPSA) is 40.6 Å². The van der Waals surface area contributed by atoms with E-state index in [1.807, 2.05) is 30.3 Å². The number of carbonyl (C=O) groups excluding carboxylic acids is 2. The summed E-state index contributed by atoms with van der Waals surface area (Å²) in [5, 5.41) is 2.85. The predicted octanol–water partition coefficient (Wildman–Crippen LogP) is 0.792. The van der Waals surface area contributed by atoms with E-state index >= 15 is 0 Å². The van der Waals surface area contributed by atoms with E-state index in [0.29, 0.717) is 6.54 Å². The third-order valence-corrected chi connectivity index (χ3v) is 2.49. The van der Waals surface area contributed by atoms with Gasteiger partial charge in [-0.15, -0.1) is 0 Å². The fraction of sp³-hybridized carbons (Fsp3) is 0.273. The Labute approximate surface area is 88.1 Å². The van der Waals surface area contributed by atoms with Crippen molar-refractivity contribution in [1.29, 1.82) is 0 Å². The van der Waals surface area contributed by atoms with Crippen molar-refractivity contribution < 1.29 is 9.59 Å². The van der Waals surface area contributed by atoms with Crippen LogP contribution in [0.3, 0.4) is 0 Å². The average Bonchev–Trinajstić information content (AvgIpc) is 2.47. The molecule has 2 amide bonds. The molecular formula is C11H12N2O2. The van der Waals surface area contributed by atoms with E-state index in [0.717, 1.165) is 5.56 Å². The maximum Gasteiger partial charge on any atom is 0.250 e. The summed E-state index contributed by atoms with van der Waals surface area (Å²) in [4.78, 5) is 22.7. The molecule has 1 aliphatic heterocycles. The van der Waals surface area contributed by atoms with Gasteiger partial charge in [-0.3, -0.25) is 14.6 Å². The highest BCUT2D eigenvalue weighted by Gasteiger charge is 2.32. The molecule has 1 fully saturated rings. The van der Waals surface area contributed by atoms with Crippen molar-refractivity contribution in [2.75, 3.05) is 7.05 Å². The van der Waals surface area contributed by atoms with Crippen LogP contribution < -0.4 is 0 Å². The molecule has 1 aliphatic rings. The van der Waals surface area contributed by atoms with E-state index in [4.69, 9.17) is 0 Å².